The molecule has 0 rings (SSSR count). The van der Waals surface area contributed by atoms with Gasteiger partial charge < -0.3 is 19.3 Å². The molecule has 0 radical (unpaired) electrons. The molecule has 0 saturated carbocycles. The summed E-state index contributed by atoms with van der Waals surface area (Å²) in [6.07, 6.45) is 49.3. The Labute approximate surface area is 419 Å². The van der Waals surface area contributed by atoms with Crippen molar-refractivity contribution < 1.29 is 23.9 Å². The summed E-state index contributed by atoms with van der Waals surface area (Å²) >= 11 is 0. The van der Waals surface area contributed by atoms with E-state index >= 15 is 0 Å². The Kier molecular flexibility index (Phi) is 49.5. The van der Waals surface area contributed by atoms with E-state index in [4.69, 9.17) is 9.47 Å². The number of hydrogen-bond donors (Lipinski definition) is 0. The predicted octanol–water partition coefficient (Wildman–Crippen LogP) is 17.9. The fraction of sp³-hybridized carbons (Fsp3) is 0.950. The van der Waals surface area contributed by atoms with Crippen molar-refractivity contribution in [2.75, 3.05) is 40.4 Å². The van der Waals surface area contributed by atoms with Crippen molar-refractivity contribution in [3.05, 3.63) is 0 Å². The normalized spacial score (nSPS) is 13.0. The third-order valence-corrected chi connectivity index (χ3v) is 14.4. The Morgan fingerprint density at radius 1 is 0.343 bits per heavy atom. The predicted molar refractivity (Wildman–Crippen MR) is 290 cm³/mol. The van der Waals surface area contributed by atoms with Gasteiger partial charge in [0.1, 0.15) is 0 Å². The van der Waals surface area contributed by atoms with Gasteiger partial charge in [-0.2, -0.15) is 0 Å². The molecule has 398 valence electrons. The van der Waals surface area contributed by atoms with Gasteiger partial charge in [0, 0.05) is 31.8 Å². The van der Waals surface area contributed by atoms with Crippen molar-refractivity contribution in [3.8, 4) is 0 Å². The highest BCUT2D eigenvalue weighted by Gasteiger charge is 2.23. The minimum atomic E-state index is -0.0308. The molecule has 0 heterocycles. The summed E-state index contributed by atoms with van der Waals surface area (Å²) in [7, 11) is 4.24. The SMILES string of the molecule is CCCCCCCCC(=O)N(CCCN(C)C)C(CCCCCCC(=O)OCC(CCCCCC)CCCCCCCC)CCCCCC(=O)OCC(CCCCCC)CCCCCCCC. The molecule has 3 atom stereocenters. The number of nitrogens with zero attached hydrogens (tertiary/aromatic N) is 2. The van der Waals surface area contributed by atoms with Crippen LogP contribution in [0, 0.1) is 11.8 Å². The van der Waals surface area contributed by atoms with Gasteiger partial charge in [0.2, 0.25) is 5.91 Å². The second kappa shape index (κ2) is 50.7. The van der Waals surface area contributed by atoms with Crippen LogP contribution in [0.5, 0.6) is 0 Å². The van der Waals surface area contributed by atoms with Crippen molar-refractivity contribution in [3.63, 3.8) is 0 Å². The van der Waals surface area contributed by atoms with Crippen LogP contribution in [0.3, 0.4) is 0 Å². The van der Waals surface area contributed by atoms with Crippen molar-refractivity contribution in [1.82, 2.24) is 9.80 Å². The van der Waals surface area contributed by atoms with Crippen LogP contribution in [0.25, 0.3) is 0 Å². The Balaban J connectivity index is 5.27. The van der Waals surface area contributed by atoms with Gasteiger partial charge in [-0.3, -0.25) is 14.4 Å². The summed E-state index contributed by atoms with van der Waals surface area (Å²) in [5.41, 5.74) is 0. The summed E-state index contributed by atoms with van der Waals surface area (Å²) in [6, 6.07) is 0.225. The highest BCUT2D eigenvalue weighted by molar-refractivity contribution is 5.76. The number of esters is 2. The number of hydrogen-bond acceptors (Lipinski definition) is 6. The lowest BCUT2D eigenvalue weighted by atomic mass is 9.95. The summed E-state index contributed by atoms with van der Waals surface area (Å²) in [5.74, 6) is 1.28. The van der Waals surface area contributed by atoms with Gasteiger partial charge in [0.25, 0.3) is 0 Å². The lowest BCUT2D eigenvalue weighted by molar-refractivity contribution is -0.146. The molecule has 0 aliphatic rings. The molecule has 0 aliphatic carbocycles. The van der Waals surface area contributed by atoms with Crippen LogP contribution in [-0.4, -0.2) is 74.1 Å². The first kappa shape index (κ1) is 65.4. The third-order valence-electron chi connectivity index (χ3n) is 14.4. The number of carbonyl (C=O) groups excluding carboxylic acids is 3. The first-order valence-electron chi connectivity index (χ1n) is 30.0. The summed E-state index contributed by atoms with van der Waals surface area (Å²) in [6.45, 7) is 14.3. The number of amides is 1. The van der Waals surface area contributed by atoms with E-state index in [0.717, 1.165) is 90.1 Å². The maximum absolute atomic E-state index is 14.0. The lowest BCUT2D eigenvalue weighted by Crippen LogP contribution is -2.41. The zero-order valence-electron chi connectivity index (χ0n) is 46.4. The highest BCUT2D eigenvalue weighted by atomic mass is 16.5. The van der Waals surface area contributed by atoms with E-state index in [1.807, 2.05) is 0 Å². The van der Waals surface area contributed by atoms with Crippen LogP contribution < -0.4 is 0 Å². The Morgan fingerprint density at radius 3 is 1.01 bits per heavy atom. The largest absolute Gasteiger partial charge is 0.465 e. The maximum atomic E-state index is 14.0. The molecule has 3 unspecified atom stereocenters. The second-order valence-corrected chi connectivity index (χ2v) is 21.4. The van der Waals surface area contributed by atoms with Crippen LogP contribution in [-0.2, 0) is 23.9 Å². The molecule has 0 bridgehead atoms. The minimum absolute atomic E-state index is 0.0222. The Hall–Kier alpha value is -1.63. The molecule has 0 spiro atoms. The van der Waals surface area contributed by atoms with Gasteiger partial charge in [-0.25, -0.2) is 0 Å². The third kappa shape index (κ3) is 44.1. The van der Waals surface area contributed by atoms with E-state index in [1.165, 1.54) is 180 Å². The molecule has 67 heavy (non-hydrogen) atoms. The van der Waals surface area contributed by atoms with Crippen LogP contribution in [0.4, 0.5) is 0 Å². The van der Waals surface area contributed by atoms with Gasteiger partial charge in [-0.05, 0) is 96.7 Å². The monoisotopic (exact) mass is 947 g/mol. The zero-order valence-corrected chi connectivity index (χ0v) is 46.4. The van der Waals surface area contributed by atoms with Crippen LogP contribution in [0.15, 0.2) is 0 Å². The smallest absolute Gasteiger partial charge is 0.305 e. The molecular formula is C60H118N2O5. The molecule has 0 aromatic rings. The van der Waals surface area contributed by atoms with E-state index < -0.39 is 0 Å². The van der Waals surface area contributed by atoms with Crippen LogP contribution in [0.2, 0.25) is 0 Å². The molecule has 7 heteroatoms. The van der Waals surface area contributed by atoms with Crippen molar-refractivity contribution in [2.45, 2.75) is 317 Å². The second-order valence-electron chi connectivity index (χ2n) is 21.4. The topological polar surface area (TPSA) is 76.2 Å². The first-order valence-corrected chi connectivity index (χ1v) is 30.0. The van der Waals surface area contributed by atoms with E-state index in [-0.39, 0.29) is 18.0 Å². The van der Waals surface area contributed by atoms with Gasteiger partial charge in [0.15, 0.2) is 0 Å². The quantitative estimate of drug-likeness (QED) is 0.0447. The van der Waals surface area contributed by atoms with E-state index in [2.05, 4.69) is 58.5 Å². The maximum Gasteiger partial charge on any atom is 0.305 e. The van der Waals surface area contributed by atoms with Crippen molar-refractivity contribution in [1.29, 1.82) is 0 Å². The first-order chi connectivity index (χ1) is 32.7. The van der Waals surface area contributed by atoms with Crippen LogP contribution >= 0.6 is 0 Å². The Bertz CT molecular complexity index is 1070. The van der Waals surface area contributed by atoms with Gasteiger partial charge in [-0.1, -0.05) is 227 Å². The molecule has 0 aromatic heterocycles. The molecule has 0 aromatic carbocycles. The lowest BCUT2D eigenvalue weighted by Gasteiger charge is -2.33. The molecule has 0 aliphatic heterocycles. The summed E-state index contributed by atoms with van der Waals surface area (Å²) in [4.78, 5) is 44.4. The number of rotatable bonds is 53. The van der Waals surface area contributed by atoms with Gasteiger partial charge in [0.05, 0.1) is 13.2 Å². The van der Waals surface area contributed by atoms with Gasteiger partial charge >= 0.3 is 11.9 Å². The minimum Gasteiger partial charge on any atom is -0.465 e. The molecule has 7 nitrogen and oxygen atoms in total. The zero-order chi connectivity index (χ0) is 49.3. The van der Waals surface area contributed by atoms with E-state index in [1.54, 1.807) is 0 Å². The molecule has 0 saturated heterocycles. The molecule has 0 N–H and O–H groups in total. The summed E-state index contributed by atoms with van der Waals surface area (Å²) < 4.78 is 11.8. The van der Waals surface area contributed by atoms with E-state index in [9.17, 15) is 14.4 Å². The average molecular weight is 948 g/mol. The number of unbranched alkanes of at least 4 members (excludes halogenated alkanes) is 26. The number of carbonyl (C=O) groups is 3. The average Bonchev–Trinajstić information content (AvgIpc) is 3.31. The molecule has 1 amide bonds. The summed E-state index contributed by atoms with van der Waals surface area (Å²) in [5, 5.41) is 0. The van der Waals surface area contributed by atoms with Crippen molar-refractivity contribution >= 4 is 17.8 Å². The fourth-order valence-corrected chi connectivity index (χ4v) is 9.89. The fourth-order valence-electron chi connectivity index (χ4n) is 9.89. The van der Waals surface area contributed by atoms with Crippen molar-refractivity contribution in [2.24, 2.45) is 11.8 Å². The highest BCUT2D eigenvalue weighted by Crippen LogP contribution is 2.24. The Morgan fingerprint density at radius 2 is 0.642 bits per heavy atom. The standard InChI is InChI=1S/C60H118N2O5/c1-8-13-18-23-26-34-44-55(42-32-21-16-11-4)53-66-59(64)49-39-30-29-36-46-57(62(52-41-51-61(6)7)58(63)48-38-28-25-20-15-10-3)47-37-31-40-50-60(65)67-54-56(43-33-22-17-12-5)45-35-27-24-19-14-9-2/h55-57H,8-54H2,1-7H3. The van der Waals surface area contributed by atoms with E-state index in [0.29, 0.717) is 50.2 Å². The molecule has 0 fully saturated rings. The van der Waals surface area contributed by atoms with Crippen LogP contribution in [0.1, 0.15) is 311 Å². The molecular weight excluding hydrogens is 829 g/mol. The number of ether oxygens (including phenoxy) is 2. The van der Waals surface area contributed by atoms with Gasteiger partial charge in [-0.15, -0.1) is 0 Å².